The smallest absolute Gasteiger partial charge is 0.231 e. The van der Waals surface area contributed by atoms with E-state index in [0.717, 1.165) is 0 Å². The summed E-state index contributed by atoms with van der Waals surface area (Å²) in [6.45, 7) is 3.81. The summed E-state index contributed by atoms with van der Waals surface area (Å²) in [5.74, 6) is 0.844. The van der Waals surface area contributed by atoms with Crippen LogP contribution in [0.2, 0.25) is 10.0 Å². The average molecular weight is 286 g/mol. The van der Waals surface area contributed by atoms with Gasteiger partial charge in [-0.05, 0) is 19.1 Å². The van der Waals surface area contributed by atoms with Crippen LogP contribution in [0.3, 0.4) is 0 Å². The van der Waals surface area contributed by atoms with Gasteiger partial charge in [0.15, 0.2) is 0 Å². The van der Waals surface area contributed by atoms with E-state index in [1.807, 2.05) is 13.8 Å². The number of rotatable bonds is 3. The van der Waals surface area contributed by atoms with Gasteiger partial charge in [0, 0.05) is 6.04 Å². The van der Waals surface area contributed by atoms with E-state index in [9.17, 15) is 0 Å². The Bertz CT molecular complexity index is 534. The molecule has 0 bridgehead atoms. The highest BCUT2D eigenvalue weighted by Crippen LogP contribution is 2.33. The number of hydrogen-bond donors (Lipinski definition) is 1. The minimum Gasteiger partial charge on any atom is -0.339 e. The molecule has 96 valence electrons. The Hall–Kier alpha value is -1.10. The van der Waals surface area contributed by atoms with E-state index in [-0.39, 0.29) is 12.0 Å². The molecule has 0 aliphatic rings. The largest absolute Gasteiger partial charge is 0.339 e. The number of benzene rings is 1. The molecule has 0 aliphatic carbocycles. The molecule has 0 fully saturated rings. The van der Waals surface area contributed by atoms with Crippen LogP contribution in [0.25, 0.3) is 11.4 Å². The molecular weight excluding hydrogens is 273 g/mol. The van der Waals surface area contributed by atoms with Gasteiger partial charge in [-0.25, -0.2) is 0 Å². The van der Waals surface area contributed by atoms with Crippen molar-refractivity contribution in [1.82, 2.24) is 10.1 Å². The summed E-state index contributed by atoms with van der Waals surface area (Å²) in [4.78, 5) is 4.30. The minimum absolute atomic E-state index is 0.0208. The normalized spacial score (nSPS) is 14.5. The first-order chi connectivity index (χ1) is 8.50. The summed E-state index contributed by atoms with van der Waals surface area (Å²) in [5, 5.41) is 4.88. The quantitative estimate of drug-likeness (QED) is 0.937. The van der Waals surface area contributed by atoms with Crippen molar-refractivity contribution in [3.63, 3.8) is 0 Å². The molecule has 6 heteroatoms. The van der Waals surface area contributed by atoms with Crippen molar-refractivity contribution >= 4 is 23.2 Å². The van der Waals surface area contributed by atoms with Crippen LogP contribution in [-0.4, -0.2) is 16.2 Å². The fraction of sp³-hybridized carbons (Fsp3) is 0.333. The highest BCUT2D eigenvalue weighted by atomic mass is 35.5. The molecule has 18 heavy (non-hydrogen) atoms. The first-order valence-electron chi connectivity index (χ1n) is 5.54. The fourth-order valence-corrected chi connectivity index (χ4v) is 2.02. The van der Waals surface area contributed by atoms with E-state index in [1.54, 1.807) is 18.2 Å². The lowest BCUT2D eigenvalue weighted by atomic mass is 10.1. The lowest BCUT2D eigenvalue weighted by molar-refractivity contribution is 0.347. The molecule has 4 nitrogen and oxygen atoms in total. The molecule has 1 heterocycles. The van der Waals surface area contributed by atoms with Crippen molar-refractivity contribution in [1.29, 1.82) is 0 Å². The van der Waals surface area contributed by atoms with E-state index < -0.39 is 0 Å². The molecule has 2 atom stereocenters. The first kappa shape index (κ1) is 13.3. The Balaban J connectivity index is 2.41. The van der Waals surface area contributed by atoms with Crippen molar-refractivity contribution in [3.05, 3.63) is 34.1 Å². The Morgan fingerprint density at radius 3 is 2.39 bits per heavy atom. The molecular formula is C12H13Cl2N3O. The van der Waals surface area contributed by atoms with E-state index in [0.29, 0.717) is 27.3 Å². The lowest BCUT2D eigenvalue weighted by Gasteiger charge is -2.09. The third kappa shape index (κ3) is 2.51. The highest BCUT2D eigenvalue weighted by Gasteiger charge is 2.20. The van der Waals surface area contributed by atoms with Crippen molar-refractivity contribution < 1.29 is 4.52 Å². The zero-order chi connectivity index (χ0) is 13.3. The third-order valence-electron chi connectivity index (χ3n) is 2.81. The number of halogens is 2. The predicted octanol–water partition coefficient (Wildman–Crippen LogP) is 3.49. The highest BCUT2D eigenvalue weighted by molar-refractivity contribution is 6.38. The van der Waals surface area contributed by atoms with Crippen LogP contribution in [-0.2, 0) is 0 Å². The van der Waals surface area contributed by atoms with Crippen molar-refractivity contribution in [2.24, 2.45) is 5.73 Å². The van der Waals surface area contributed by atoms with Crippen molar-refractivity contribution in [2.75, 3.05) is 0 Å². The van der Waals surface area contributed by atoms with Gasteiger partial charge in [0.1, 0.15) is 0 Å². The van der Waals surface area contributed by atoms with Crippen LogP contribution in [0, 0.1) is 0 Å². The zero-order valence-corrected chi connectivity index (χ0v) is 11.5. The van der Waals surface area contributed by atoms with Gasteiger partial charge in [0.2, 0.25) is 11.7 Å². The number of nitrogens with zero attached hydrogens (tertiary/aromatic N) is 2. The van der Waals surface area contributed by atoms with Gasteiger partial charge in [-0.2, -0.15) is 4.98 Å². The SMILES string of the molecule is CC(N)C(C)c1nc(-c2c(Cl)cccc2Cl)no1. The van der Waals surface area contributed by atoms with E-state index >= 15 is 0 Å². The average Bonchev–Trinajstić information content (AvgIpc) is 2.77. The summed E-state index contributed by atoms with van der Waals surface area (Å²) in [6, 6.07) is 5.15. The van der Waals surface area contributed by atoms with Crippen LogP contribution in [0.4, 0.5) is 0 Å². The molecule has 2 unspecified atom stereocenters. The maximum absolute atomic E-state index is 6.08. The molecule has 1 aromatic carbocycles. The molecule has 0 saturated heterocycles. The summed E-state index contributed by atoms with van der Waals surface area (Å²) >= 11 is 12.2. The van der Waals surface area contributed by atoms with E-state index in [4.69, 9.17) is 33.5 Å². The van der Waals surface area contributed by atoms with Gasteiger partial charge < -0.3 is 10.3 Å². The molecule has 0 saturated carbocycles. The molecule has 2 aromatic rings. The monoisotopic (exact) mass is 285 g/mol. The lowest BCUT2D eigenvalue weighted by Crippen LogP contribution is -2.22. The second kappa shape index (κ2) is 5.26. The van der Waals surface area contributed by atoms with Crippen LogP contribution in [0.15, 0.2) is 22.7 Å². The second-order valence-corrected chi connectivity index (χ2v) is 5.02. The van der Waals surface area contributed by atoms with Crippen molar-refractivity contribution in [2.45, 2.75) is 25.8 Å². The molecule has 1 aromatic heterocycles. The maximum Gasteiger partial charge on any atom is 0.231 e. The second-order valence-electron chi connectivity index (χ2n) is 4.20. The topological polar surface area (TPSA) is 64.9 Å². The van der Waals surface area contributed by atoms with Gasteiger partial charge in [-0.3, -0.25) is 0 Å². The van der Waals surface area contributed by atoms with Gasteiger partial charge in [-0.15, -0.1) is 0 Å². The Labute approximate surface area is 115 Å². The van der Waals surface area contributed by atoms with Crippen LogP contribution < -0.4 is 5.73 Å². The molecule has 0 amide bonds. The molecule has 0 radical (unpaired) electrons. The Morgan fingerprint density at radius 1 is 1.22 bits per heavy atom. The summed E-state index contributed by atoms with van der Waals surface area (Å²) in [6.07, 6.45) is 0. The van der Waals surface area contributed by atoms with Gasteiger partial charge >= 0.3 is 0 Å². The van der Waals surface area contributed by atoms with Gasteiger partial charge in [-0.1, -0.05) is 41.3 Å². The molecule has 2 N–H and O–H groups in total. The Kier molecular flexibility index (Phi) is 3.90. The van der Waals surface area contributed by atoms with Crippen molar-refractivity contribution in [3.8, 4) is 11.4 Å². The van der Waals surface area contributed by atoms with E-state index in [2.05, 4.69) is 10.1 Å². The van der Waals surface area contributed by atoms with Gasteiger partial charge in [0.05, 0.1) is 21.5 Å². The number of nitrogens with two attached hydrogens (primary N) is 1. The molecule has 0 aliphatic heterocycles. The van der Waals surface area contributed by atoms with E-state index in [1.165, 1.54) is 0 Å². The minimum atomic E-state index is -0.0694. The predicted molar refractivity (Wildman–Crippen MR) is 71.8 cm³/mol. The fourth-order valence-electron chi connectivity index (χ4n) is 1.46. The third-order valence-corrected chi connectivity index (χ3v) is 3.44. The maximum atomic E-state index is 6.08. The van der Waals surface area contributed by atoms with Crippen LogP contribution in [0.5, 0.6) is 0 Å². The number of aromatic nitrogens is 2. The standard InChI is InChI=1S/C12H13Cl2N3O/c1-6(7(2)15)12-16-11(17-18-12)10-8(13)4-3-5-9(10)14/h3-7H,15H2,1-2H3. The first-order valence-corrected chi connectivity index (χ1v) is 6.30. The van der Waals surface area contributed by atoms with Crippen LogP contribution in [0.1, 0.15) is 25.7 Å². The van der Waals surface area contributed by atoms with Crippen LogP contribution >= 0.6 is 23.2 Å². The number of hydrogen-bond acceptors (Lipinski definition) is 4. The molecule has 0 spiro atoms. The summed E-state index contributed by atoms with van der Waals surface area (Å²) in [7, 11) is 0. The van der Waals surface area contributed by atoms with Gasteiger partial charge in [0.25, 0.3) is 0 Å². The Morgan fingerprint density at radius 2 is 1.83 bits per heavy atom. The molecule has 2 rings (SSSR count). The summed E-state index contributed by atoms with van der Waals surface area (Å²) < 4.78 is 5.19. The summed E-state index contributed by atoms with van der Waals surface area (Å²) in [5.41, 5.74) is 6.37. The zero-order valence-electron chi connectivity index (χ0n) is 10.0.